The van der Waals surface area contributed by atoms with Crippen molar-refractivity contribution >= 4 is 23.8 Å². The average Bonchev–Trinajstić information content (AvgIpc) is 2.75. The number of hydrogen-bond acceptors (Lipinski definition) is 4. The van der Waals surface area contributed by atoms with Crippen LogP contribution in [0.2, 0.25) is 0 Å². The first-order chi connectivity index (χ1) is 12.1. The molecule has 2 N–H and O–H groups in total. The van der Waals surface area contributed by atoms with Gasteiger partial charge in [0.2, 0.25) is 11.8 Å². The van der Waals surface area contributed by atoms with Crippen LogP contribution in [0.4, 0.5) is 18.0 Å². The van der Waals surface area contributed by atoms with Crippen LogP contribution in [0.3, 0.4) is 0 Å². The summed E-state index contributed by atoms with van der Waals surface area (Å²) < 4.78 is 36.0. The zero-order valence-electron chi connectivity index (χ0n) is 14.3. The van der Waals surface area contributed by atoms with E-state index >= 15 is 0 Å². The van der Waals surface area contributed by atoms with E-state index in [9.17, 15) is 32.3 Å². The maximum absolute atomic E-state index is 12.7. The summed E-state index contributed by atoms with van der Waals surface area (Å²) in [6, 6.07) is -0.589. The summed E-state index contributed by atoms with van der Waals surface area (Å²) in [5, 5.41) is 3.72. The fourth-order valence-electron chi connectivity index (χ4n) is 3.31. The second-order valence-corrected chi connectivity index (χ2v) is 6.49. The molecular weight excluding hydrogens is 357 g/mol. The molecule has 1 aliphatic carbocycles. The van der Waals surface area contributed by atoms with Crippen molar-refractivity contribution in [3.8, 4) is 0 Å². The summed E-state index contributed by atoms with van der Waals surface area (Å²) in [6.07, 6.45) is -0.888. The van der Waals surface area contributed by atoms with Gasteiger partial charge in [-0.05, 0) is 12.8 Å². The van der Waals surface area contributed by atoms with Gasteiger partial charge in [-0.2, -0.15) is 13.2 Å². The Bertz CT molecular complexity index is 602. The van der Waals surface area contributed by atoms with E-state index in [-0.39, 0.29) is 0 Å². The molecule has 1 saturated heterocycles. The van der Waals surface area contributed by atoms with Crippen LogP contribution in [-0.2, 0) is 14.4 Å². The number of halogens is 3. The van der Waals surface area contributed by atoms with Gasteiger partial charge in [0.25, 0.3) is 5.91 Å². The zero-order chi connectivity index (χ0) is 19.5. The van der Waals surface area contributed by atoms with Crippen molar-refractivity contribution in [2.45, 2.75) is 43.8 Å². The van der Waals surface area contributed by atoms with Crippen molar-refractivity contribution in [1.29, 1.82) is 0 Å². The predicted octanol–water partition coefficient (Wildman–Crippen LogP) is 0.378. The Labute approximate surface area is 148 Å². The molecule has 0 aromatic heterocycles. The van der Waals surface area contributed by atoms with Crippen LogP contribution >= 0.6 is 0 Å². The summed E-state index contributed by atoms with van der Waals surface area (Å²) >= 11 is 0. The Hall–Kier alpha value is -2.33. The quantitative estimate of drug-likeness (QED) is 0.676. The van der Waals surface area contributed by atoms with Crippen LogP contribution in [-0.4, -0.2) is 71.9 Å². The third kappa shape index (κ3) is 4.25. The molecule has 0 aromatic rings. The maximum atomic E-state index is 12.7. The highest BCUT2D eigenvalue weighted by Crippen LogP contribution is 2.39. The van der Waals surface area contributed by atoms with Crippen LogP contribution < -0.4 is 10.6 Å². The number of nitrogens with one attached hydrogen (secondary N) is 2. The molecule has 0 bridgehead atoms. The van der Waals surface area contributed by atoms with Gasteiger partial charge in [-0.1, -0.05) is 19.3 Å². The maximum Gasteiger partial charge on any atom is 0.405 e. The van der Waals surface area contributed by atoms with E-state index in [2.05, 4.69) is 5.32 Å². The monoisotopic (exact) mass is 378 g/mol. The van der Waals surface area contributed by atoms with Gasteiger partial charge in [0.15, 0.2) is 0 Å². The fraction of sp³-hybridized carbons (Fsp3) is 0.733. The Kier molecular flexibility index (Phi) is 5.77. The average molecular weight is 378 g/mol. The fourth-order valence-corrected chi connectivity index (χ4v) is 3.31. The van der Waals surface area contributed by atoms with E-state index < -0.39 is 55.1 Å². The number of alkyl halides is 3. The van der Waals surface area contributed by atoms with Crippen molar-refractivity contribution in [3.05, 3.63) is 0 Å². The molecule has 0 unspecified atom stereocenters. The molecular formula is C15H21F3N4O4. The minimum atomic E-state index is -4.55. The van der Waals surface area contributed by atoms with Gasteiger partial charge < -0.3 is 15.5 Å². The van der Waals surface area contributed by atoms with Gasteiger partial charge in [0.1, 0.15) is 18.6 Å². The van der Waals surface area contributed by atoms with Gasteiger partial charge in [0, 0.05) is 7.05 Å². The van der Waals surface area contributed by atoms with E-state index in [4.69, 9.17) is 0 Å². The lowest BCUT2D eigenvalue weighted by atomic mass is 9.81. The van der Waals surface area contributed by atoms with Crippen molar-refractivity contribution < 1.29 is 32.3 Å². The molecule has 2 aliphatic rings. The van der Waals surface area contributed by atoms with Crippen LogP contribution in [0.1, 0.15) is 32.1 Å². The first-order valence-corrected chi connectivity index (χ1v) is 8.27. The summed E-state index contributed by atoms with van der Waals surface area (Å²) in [6.45, 7) is -2.75. The number of carbonyl (C=O) groups is 4. The number of carbonyl (C=O) groups excluding carboxylic acids is 4. The van der Waals surface area contributed by atoms with Gasteiger partial charge in [-0.15, -0.1) is 0 Å². The SMILES string of the molecule is CN1C(=O)N(CC(=O)NCC(=O)NCC(F)(F)F)C(=O)C12CCCCC2. The van der Waals surface area contributed by atoms with E-state index in [0.717, 1.165) is 24.2 Å². The van der Waals surface area contributed by atoms with Crippen LogP contribution in [0.15, 0.2) is 0 Å². The number of hydrogen-bond donors (Lipinski definition) is 2. The molecule has 0 aromatic carbocycles. The highest BCUT2D eigenvalue weighted by Gasteiger charge is 2.55. The second-order valence-electron chi connectivity index (χ2n) is 6.49. The Morgan fingerprint density at radius 3 is 2.27 bits per heavy atom. The predicted molar refractivity (Wildman–Crippen MR) is 82.8 cm³/mol. The van der Waals surface area contributed by atoms with Crippen LogP contribution in [0, 0.1) is 0 Å². The van der Waals surface area contributed by atoms with Gasteiger partial charge >= 0.3 is 12.2 Å². The first-order valence-electron chi connectivity index (χ1n) is 8.27. The lowest BCUT2D eigenvalue weighted by Crippen LogP contribution is -2.49. The van der Waals surface area contributed by atoms with Crippen molar-refractivity contribution in [1.82, 2.24) is 20.4 Å². The van der Waals surface area contributed by atoms with E-state index in [1.54, 1.807) is 5.32 Å². The molecule has 5 amide bonds. The lowest BCUT2D eigenvalue weighted by Gasteiger charge is -2.35. The third-order valence-electron chi connectivity index (χ3n) is 4.72. The van der Waals surface area contributed by atoms with Crippen molar-refractivity contribution in [2.24, 2.45) is 0 Å². The third-order valence-corrected chi connectivity index (χ3v) is 4.72. The normalized spacial score (nSPS) is 19.8. The number of nitrogens with zero attached hydrogens (tertiary/aromatic N) is 2. The molecule has 146 valence electrons. The lowest BCUT2D eigenvalue weighted by molar-refractivity contribution is -0.139. The van der Waals surface area contributed by atoms with Crippen LogP contribution in [0.25, 0.3) is 0 Å². The van der Waals surface area contributed by atoms with Crippen molar-refractivity contribution in [2.75, 3.05) is 26.7 Å². The molecule has 1 saturated carbocycles. The molecule has 1 heterocycles. The van der Waals surface area contributed by atoms with Crippen LogP contribution in [0.5, 0.6) is 0 Å². The minimum Gasteiger partial charge on any atom is -0.345 e. The first kappa shape index (κ1) is 20.0. The molecule has 2 fully saturated rings. The highest BCUT2D eigenvalue weighted by atomic mass is 19.4. The highest BCUT2D eigenvalue weighted by molar-refractivity contribution is 6.09. The molecule has 26 heavy (non-hydrogen) atoms. The molecule has 11 heteroatoms. The van der Waals surface area contributed by atoms with E-state index in [1.165, 1.54) is 11.9 Å². The summed E-state index contributed by atoms with van der Waals surface area (Å²) in [5.41, 5.74) is -0.917. The van der Waals surface area contributed by atoms with Crippen molar-refractivity contribution in [3.63, 3.8) is 0 Å². The summed E-state index contributed by atoms with van der Waals surface area (Å²) in [7, 11) is 1.52. The summed E-state index contributed by atoms with van der Waals surface area (Å²) in [4.78, 5) is 50.3. The van der Waals surface area contributed by atoms with Gasteiger partial charge in [0.05, 0.1) is 6.54 Å². The Morgan fingerprint density at radius 1 is 1.08 bits per heavy atom. The smallest absolute Gasteiger partial charge is 0.345 e. The number of urea groups is 1. The largest absolute Gasteiger partial charge is 0.405 e. The molecule has 2 rings (SSSR count). The minimum absolute atomic E-state index is 0.443. The number of likely N-dealkylation sites (N-methyl/N-ethyl adjacent to an activating group) is 1. The van der Waals surface area contributed by atoms with E-state index in [1.807, 2.05) is 0 Å². The Morgan fingerprint density at radius 2 is 1.69 bits per heavy atom. The molecule has 1 aliphatic heterocycles. The Balaban J connectivity index is 1.88. The number of imide groups is 1. The van der Waals surface area contributed by atoms with E-state index in [0.29, 0.717) is 12.8 Å². The zero-order valence-corrected chi connectivity index (χ0v) is 14.3. The van der Waals surface area contributed by atoms with Gasteiger partial charge in [-0.3, -0.25) is 19.3 Å². The second kappa shape index (κ2) is 7.50. The van der Waals surface area contributed by atoms with Gasteiger partial charge in [-0.25, -0.2) is 4.79 Å². The molecule has 8 nitrogen and oxygen atoms in total. The topological polar surface area (TPSA) is 98.8 Å². The molecule has 0 atom stereocenters. The summed E-state index contributed by atoms with van der Waals surface area (Å²) in [5.74, 6) is -2.26. The molecule has 1 spiro atoms. The number of amides is 5. The standard InChI is InChI=1S/C15H21F3N4O4/c1-21-13(26)22(12(25)14(21)5-3-2-4-6-14)8-11(24)19-7-10(23)20-9-15(16,17)18/h2-9H2,1H3,(H,19,24)(H,20,23). The molecule has 0 radical (unpaired) electrons. The number of rotatable bonds is 5.